The minimum atomic E-state index is -0.507. The molecule has 0 N–H and O–H groups in total. The van der Waals surface area contributed by atoms with Gasteiger partial charge in [-0.3, -0.25) is 4.79 Å². The number of fused-ring (bicyclic) bond motifs is 1. The summed E-state index contributed by atoms with van der Waals surface area (Å²) < 4.78 is 10.3. The van der Waals surface area contributed by atoms with Crippen LogP contribution in [0.4, 0.5) is 0 Å². The van der Waals surface area contributed by atoms with Gasteiger partial charge in [0.25, 0.3) is 0 Å². The van der Waals surface area contributed by atoms with Gasteiger partial charge in [0.1, 0.15) is 5.75 Å². The molecule has 0 fully saturated rings. The predicted octanol–water partition coefficient (Wildman–Crippen LogP) is 2.31. The fourth-order valence-corrected chi connectivity index (χ4v) is 1.85. The zero-order valence-corrected chi connectivity index (χ0v) is 11.0. The molecule has 1 aliphatic rings. The first-order chi connectivity index (χ1) is 9.06. The fraction of sp³-hybridized carbons (Fsp3) is 0.333. The fourth-order valence-electron chi connectivity index (χ4n) is 1.85. The Balaban J connectivity index is 2.04. The van der Waals surface area contributed by atoms with Crippen molar-refractivity contribution >= 4 is 11.8 Å². The van der Waals surface area contributed by atoms with Crippen molar-refractivity contribution in [2.45, 2.75) is 26.4 Å². The first-order valence-electron chi connectivity index (χ1n) is 6.25. The predicted molar refractivity (Wildman–Crippen MR) is 70.3 cm³/mol. The van der Waals surface area contributed by atoms with Crippen LogP contribution >= 0.6 is 0 Å². The van der Waals surface area contributed by atoms with Crippen LogP contribution in [-0.4, -0.2) is 24.5 Å². The van der Waals surface area contributed by atoms with Gasteiger partial charge in [0.15, 0.2) is 5.78 Å². The van der Waals surface area contributed by atoms with Crippen LogP contribution in [0.2, 0.25) is 0 Å². The van der Waals surface area contributed by atoms with Crippen molar-refractivity contribution < 1.29 is 19.1 Å². The van der Waals surface area contributed by atoms with E-state index in [0.29, 0.717) is 12.2 Å². The average molecular weight is 260 g/mol. The zero-order chi connectivity index (χ0) is 13.8. The normalized spacial score (nSPS) is 13.4. The number of allylic oxidation sites excluding steroid dienone is 1. The third-order valence-corrected chi connectivity index (χ3v) is 2.70. The lowest BCUT2D eigenvalue weighted by Crippen LogP contribution is -2.09. The van der Waals surface area contributed by atoms with Crippen molar-refractivity contribution in [3.63, 3.8) is 0 Å². The lowest BCUT2D eigenvalue weighted by Gasteiger charge is -2.04. The molecule has 0 atom stereocenters. The molecule has 4 nitrogen and oxygen atoms in total. The lowest BCUT2D eigenvalue weighted by molar-refractivity contribution is -0.141. The van der Waals surface area contributed by atoms with Crippen molar-refractivity contribution in [3.05, 3.63) is 41.5 Å². The molecular formula is C15H16O4. The number of ether oxygens (including phenoxy) is 2. The van der Waals surface area contributed by atoms with Gasteiger partial charge in [0.05, 0.1) is 12.7 Å². The number of hydrogen-bond donors (Lipinski definition) is 0. The number of rotatable bonds is 4. The molecule has 0 bridgehead atoms. The second-order valence-electron chi connectivity index (χ2n) is 4.60. The molecule has 0 amide bonds. The second kappa shape index (κ2) is 5.69. The Morgan fingerprint density at radius 1 is 1.32 bits per heavy atom. The van der Waals surface area contributed by atoms with E-state index in [1.807, 2.05) is 6.07 Å². The average Bonchev–Trinajstić information content (AvgIpc) is 2.82. The summed E-state index contributed by atoms with van der Waals surface area (Å²) in [6, 6.07) is 5.29. The molecule has 0 unspecified atom stereocenters. The van der Waals surface area contributed by atoms with E-state index in [9.17, 15) is 9.59 Å². The molecular weight excluding hydrogens is 244 g/mol. The van der Waals surface area contributed by atoms with E-state index in [1.54, 1.807) is 26.0 Å². The van der Waals surface area contributed by atoms with Crippen LogP contribution in [0.25, 0.3) is 0 Å². The topological polar surface area (TPSA) is 52.6 Å². The quantitative estimate of drug-likeness (QED) is 0.473. The maximum atomic E-state index is 11.9. The van der Waals surface area contributed by atoms with Crippen LogP contribution in [0.15, 0.2) is 30.4 Å². The van der Waals surface area contributed by atoms with E-state index in [-0.39, 0.29) is 11.9 Å². The number of carbonyl (C=O) groups excluding carboxylic acids is 2. The van der Waals surface area contributed by atoms with E-state index in [0.717, 1.165) is 23.8 Å². The number of benzene rings is 1. The van der Waals surface area contributed by atoms with Gasteiger partial charge in [-0.1, -0.05) is 0 Å². The molecule has 1 heterocycles. The van der Waals surface area contributed by atoms with Crippen LogP contribution in [-0.2, 0) is 16.0 Å². The van der Waals surface area contributed by atoms with Gasteiger partial charge < -0.3 is 9.47 Å². The number of carbonyl (C=O) groups is 2. The number of ketones is 1. The number of esters is 1. The van der Waals surface area contributed by atoms with Gasteiger partial charge in [0, 0.05) is 18.1 Å². The zero-order valence-electron chi connectivity index (χ0n) is 11.0. The SMILES string of the molecule is CC(C)OC(=O)/C=C/C(=O)c1ccc2c(c1)CCO2. The summed E-state index contributed by atoms with van der Waals surface area (Å²) in [5, 5.41) is 0. The Morgan fingerprint density at radius 3 is 2.84 bits per heavy atom. The van der Waals surface area contributed by atoms with Crippen LogP contribution < -0.4 is 4.74 Å². The van der Waals surface area contributed by atoms with E-state index in [4.69, 9.17) is 9.47 Å². The highest BCUT2D eigenvalue weighted by Crippen LogP contribution is 2.26. The maximum Gasteiger partial charge on any atom is 0.331 e. The Kier molecular flexibility index (Phi) is 4.00. The maximum absolute atomic E-state index is 11.9. The summed E-state index contributed by atoms with van der Waals surface area (Å²) in [5.74, 6) is 0.114. The first-order valence-corrected chi connectivity index (χ1v) is 6.25. The highest BCUT2D eigenvalue weighted by molar-refractivity contribution is 6.07. The van der Waals surface area contributed by atoms with Crippen molar-refractivity contribution in [3.8, 4) is 5.75 Å². The summed E-state index contributed by atoms with van der Waals surface area (Å²) in [6.07, 6.45) is 3.02. The van der Waals surface area contributed by atoms with Crippen molar-refractivity contribution in [2.24, 2.45) is 0 Å². The minimum Gasteiger partial charge on any atom is -0.493 e. The largest absolute Gasteiger partial charge is 0.493 e. The van der Waals surface area contributed by atoms with E-state index in [2.05, 4.69) is 0 Å². The monoisotopic (exact) mass is 260 g/mol. The molecule has 19 heavy (non-hydrogen) atoms. The molecule has 100 valence electrons. The smallest absolute Gasteiger partial charge is 0.331 e. The molecule has 0 aromatic heterocycles. The van der Waals surface area contributed by atoms with Gasteiger partial charge in [-0.05, 0) is 43.7 Å². The summed E-state index contributed by atoms with van der Waals surface area (Å²) in [4.78, 5) is 23.2. The van der Waals surface area contributed by atoms with Crippen LogP contribution in [0.5, 0.6) is 5.75 Å². The Labute approximate surface area is 112 Å². The van der Waals surface area contributed by atoms with Gasteiger partial charge in [0.2, 0.25) is 0 Å². The molecule has 2 rings (SSSR count). The minimum absolute atomic E-state index is 0.190. The summed E-state index contributed by atoms with van der Waals surface area (Å²) in [5.41, 5.74) is 1.59. The van der Waals surface area contributed by atoms with Crippen LogP contribution in [0, 0.1) is 0 Å². The van der Waals surface area contributed by atoms with Gasteiger partial charge in [-0.15, -0.1) is 0 Å². The molecule has 0 saturated carbocycles. The van der Waals surface area contributed by atoms with Crippen molar-refractivity contribution in [2.75, 3.05) is 6.61 Å². The highest BCUT2D eigenvalue weighted by Gasteiger charge is 2.14. The Morgan fingerprint density at radius 2 is 2.11 bits per heavy atom. The lowest BCUT2D eigenvalue weighted by atomic mass is 10.1. The molecule has 0 saturated heterocycles. The molecule has 0 radical (unpaired) electrons. The Bertz CT molecular complexity index is 529. The Hall–Kier alpha value is -2.10. The first kappa shape index (κ1) is 13.3. The third kappa shape index (κ3) is 3.44. The standard InChI is InChI=1S/C15H16O4/c1-10(2)19-15(17)6-4-13(16)11-3-5-14-12(9-11)7-8-18-14/h3-6,9-10H,7-8H2,1-2H3/b6-4+. The molecule has 0 spiro atoms. The summed E-state index contributed by atoms with van der Waals surface area (Å²) >= 11 is 0. The number of hydrogen-bond acceptors (Lipinski definition) is 4. The van der Waals surface area contributed by atoms with Gasteiger partial charge in [-0.25, -0.2) is 4.79 Å². The van der Waals surface area contributed by atoms with Crippen LogP contribution in [0.1, 0.15) is 29.8 Å². The van der Waals surface area contributed by atoms with Crippen molar-refractivity contribution in [1.82, 2.24) is 0 Å². The molecule has 1 aliphatic heterocycles. The highest BCUT2D eigenvalue weighted by atomic mass is 16.5. The summed E-state index contributed by atoms with van der Waals surface area (Å²) in [6.45, 7) is 4.17. The molecule has 0 aliphatic carbocycles. The van der Waals surface area contributed by atoms with E-state index < -0.39 is 5.97 Å². The van der Waals surface area contributed by atoms with E-state index >= 15 is 0 Å². The molecule has 1 aromatic carbocycles. The van der Waals surface area contributed by atoms with Crippen LogP contribution in [0.3, 0.4) is 0 Å². The van der Waals surface area contributed by atoms with Gasteiger partial charge >= 0.3 is 5.97 Å². The molecule has 1 aromatic rings. The second-order valence-corrected chi connectivity index (χ2v) is 4.60. The third-order valence-electron chi connectivity index (χ3n) is 2.70. The van der Waals surface area contributed by atoms with Gasteiger partial charge in [-0.2, -0.15) is 0 Å². The van der Waals surface area contributed by atoms with Crippen molar-refractivity contribution in [1.29, 1.82) is 0 Å². The summed E-state index contributed by atoms with van der Waals surface area (Å²) in [7, 11) is 0. The van der Waals surface area contributed by atoms with E-state index in [1.165, 1.54) is 6.08 Å². The molecule has 4 heteroatoms.